The van der Waals surface area contributed by atoms with Crippen LogP contribution in [0.15, 0.2) is 29.4 Å². The summed E-state index contributed by atoms with van der Waals surface area (Å²) in [4.78, 5) is 40.9. The van der Waals surface area contributed by atoms with E-state index in [4.69, 9.17) is 16.2 Å². The maximum Gasteiger partial charge on any atom is 0.326 e. The average molecular weight is 449 g/mol. The molecule has 166 valence electrons. The van der Waals surface area contributed by atoms with Gasteiger partial charge in [-0.3, -0.25) is 14.6 Å². The smallest absolute Gasteiger partial charge is 0.326 e. The van der Waals surface area contributed by atoms with Gasteiger partial charge in [0, 0.05) is 37.0 Å². The summed E-state index contributed by atoms with van der Waals surface area (Å²) in [5.74, 6) is -3.05. The molecule has 31 heavy (non-hydrogen) atoms. The van der Waals surface area contributed by atoms with Crippen molar-refractivity contribution < 1.29 is 24.6 Å². The highest BCUT2D eigenvalue weighted by atomic mass is 32.1. The van der Waals surface area contributed by atoms with Gasteiger partial charge in [0.25, 0.3) is 5.91 Å². The minimum Gasteiger partial charge on any atom is -0.481 e. The summed E-state index contributed by atoms with van der Waals surface area (Å²) in [7, 11) is 0. The summed E-state index contributed by atoms with van der Waals surface area (Å²) in [5, 5.41) is 32.3. The van der Waals surface area contributed by atoms with E-state index >= 15 is 0 Å². The lowest BCUT2D eigenvalue weighted by Gasteiger charge is -2.34. The van der Waals surface area contributed by atoms with E-state index in [1.165, 1.54) is 11.3 Å². The molecule has 1 aromatic rings. The molecule has 1 aromatic heterocycles. The van der Waals surface area contributed by atoms with Gasteiger partial charge in [0.05, 0.1) is 22.5 Å². The summed E-state index contributed by atoms with van der Waals surface area (Å²) in [5.41, 5.74) is 7.22. The number of thiophene rings is 1. The van der Waals surface area contributed by atoms with Crippen LogP contribution in [-0.4, -0.2) is 69.8 Å². The number of carbonyl (C=O) groups excluding carboxylic acids is 1. The maximum atomic E-state index is 12.3. The zero-order valence-corrected chi connectivity index (χ0v) is 17.4. The van der Waals surface area contributed by atoms with E-state index in [9.17, 15) is 19.5 Å². The number of rotatable bonds is 9. The molecule has 2 aliphatic heterocycles. The third-order valence-electron chi connectivity index (χ3n) is 4.93. The summed E-state index contributed by atoms with van der Waals surface area (Å²) < 4.78 is 0. The van der Waals surface area contributed by atoms with E-state index in [1.807, 2.05) is 17.2 Å². The molecule has 0 saturated heterocycles. The summed E-state index contributed by atoms with van der Waals surface area (Å²) >= 11 is 1.17. The Morgan fingerprint density at radius 1 is 1.35 bits per heavy atom. The van der Waals surface area contributed by atoms with Gasteiger partial charge in [0.1, 0.15) is 12.2 Å². The van der Waals surface area contributed by atoms with Gasteiger partial charge in [-0.05, 0) is 24.6 Å². The average Bonchev–Trinajstić information content (AvgIpc) is 3.18. The maximum absolute atomic E-state index is 12.3. The van der Waals surface area contributed by atoms with Crippen LogP contribution >= 0.6 is 11.3 Å². The second-order valence-corrected chi connectivity index (χ2v) is 8.37. The van der Waals surface area contributed by atoms with Gasteiger partial charge in [0.15, 0.2) is 0 Å². The van der Waals surface area contributed by atoms with Gasteiger partial charge in [0.2, 0.25) is 0 Å². The Morgan fingerprint density at radius 3 is 2.84 bits per heavy atom. The number of anilines is 1. The molecule has 12 heteroatoms. The lowest BCUT2D eigenvalue weighted by molar-refractivity contribution is -0.140. The van der Waals surface area contributed by atoms with Crippen LogP contribution in [0, 0.1) is 11.3 Å². The molecule has 0 aromatic carbocycles. The molecule has 3 rings (SSSR count). The molecule has 1 amide bonds. The van der Waals surface area contributed by atoms with E-state index in [0.29, 0.717) is 30.2 Å². The number of aliphatic imine (C=N–C) groups is 1. The standard InChI is InChI=1S/C19H24N6O5S/c20-11-7-15(21)23-12-5-6-25(8-10(11)12)9-22-16-3-2-14(31-16)18(28)24-13(19(29)30)1-4-17(26)27/h2-3,5-6,10,13,15,20,22H,1,4,7-9,21H2,(H,24,28)(H,26,27)(H,29,30)/t10?,13-,15?/m0/s1. The lowest BCUT2D eigenvalue weighted by atomic mass is 9.89. The van der Waals surface area contributed by atoms with Crippen molar-refractivity contribution in [3.63, 3.8) is 0 Å². The van der Waals surface area contributed by atoms with Gasteiger partial charge in [-0.1, -0.05) is 0 Å². The monoisotopic (exact) mass is 448 g/mol. The van der Waals surface area contributed by atoms with Crippen molar-refractivity contribution in [1.29, 1.82) is 5.41 Å². The number of amides is 1. The van der Waals surface area contributed by atoms with Crippen LogP contribution < -0.4 is 16.4 Å². The molecule has 2 aliphatic rings. The first kappa shape index (κ1) is 22.4. The topological polar surface area (TPSA) is 181 Å². The predicted molar refractivity (Wildman–Crippen MR) is 116 cm³/mol. The molecule has 11 nitrogen and oxygen atoms in total. The van der Waals surface area contributed by atoms with Gasteiger partial charge < -0.3 is 36.9 Å². The fourth-order valence-electron chi connectivity index (χ4n) is 3.32. The number of nitrogens with zero attached hydrogens (tertiary/aromatic N) is 2. The summed E-state index contributed by atoms with van der Waals surface area (Å²) in [6, 6.07) is 2.03. The number of nitrogens with one attached hydrogen (secondary N) is 3. The Morgan fingerprint density at radius 2 is 2.13 bits per heavy atom. The molecular formula is C19H24N6O5S. The van der Waals surface area contributed by atoms with Crippen molar-refractivity contribution in [3.05, 3.63) is 29.3 Å². The molecule has 0 aliphatic carbocycles. The lowest BCUT2D eigenvalue weighted by Crippen LogP contribution is -2.44. The molecule has 0 saturated carbocycles. The molecule has 0 bridgehead atoms. The van der Waals surface area contributed by atoms with Crippen LogP contribution in [0.3, 0.4) is 0 Å². The van der Waals surface area contributed by atoms with E-state index in [0.717, 1.165) is 10.7 Å². The zero-order valence-electron chi connectivity index (χ0n) is 16.6. The van der Waals surface area contributed by atoms with E-state index in [2.05, 4.69) is 15.6 Å². The number of fused-ring (bicyclic) bond motifs is 1. The van der Waals surface area contributed by atoms with Crippen molar-refractivity contribution in [2.24, 2.45) is 16.6 Å². The number of carboxylic acids is 2. The molecule has 0 fully saturated rings. The van der Waals surface area contributed by atoms with Crippen molar-refractivity contribution in [2.75, 3.05) is 18.5 Å². The van der Waals surface area contributed by atoms with E-state index < -0.39 is 23.9 Å². The fourth-order valence-corrected chi connectivity index (χ4v) is 4.12. The minimum absolute atomic E-state index is 0.0740. The Labute approximate surface area is 182 Å². The predicted octanol–water partition coefficient (Wildman–Crippen LogP) is 0.760. The van der Waals surface area contributed by atoms with Crippen molar-refractivity contribution in [1.82, 2.24) is 10.2 Å². The first-order valence-electron chi connectivity index (χ1n) is 9.65. The molecule has 3 heterocycles. The Bertz CT molecular complexity index is 942. The van der Waals surface area contributed by atoms with Crippen LogP contribution in [0.4, 0.5) is 5.00 Å². The number of carbonyl (C=O) groups is 3. The van der Waals surface area contributed by atoms with Crippen LogP contribution in [0.2, 0.25) is 0 Å². The van der Waals surface area contributed by atoms with Gasteiger partial charge in [-0.15, -0.1) is 11.3 Å². The third-order valence-corrected chi connectivity index (χ3v) is 5.97. The zero-order chi connectivity index (χ0) is 22.5. The minimum atomic E-state index is -1.28. The fraction of sp³-hybridized carbons (Fsp3) is 0.421. The van der Waals surface area contributed by atoms with Gasteiger partial charge >= 0.3 is 11.9 Å². The Balaban J connectivity index is 1.54. The van der Waals surface area contributed by atoms with Crippen molar-refractivity contribution >= 4 is 45.6 Å². The molecule has 0 spiro atoms. The van der Waals surface area contributed by atoms with Crippen molar-refractivity contribution in [3.8, 4) is 0 Å². The van der Waals surface area contributed by atoms with E-state index in [-0.39, 0.29) is 24.9 Å². The van der Waals surface area contributed by atoms with Gasteiger partial charge in [-0.2, -0.15) is 0 Å². The molecule has 2 unspecified atom stereocenters. The normalized spacial score (nSPS) is 21.1. The quantitative estimate of drug-likeness (QED) is 0.320. The first-order valence-corrected chi connectivity index (χ1v) is 10.5. The van der Waals surface area contributed by atoms with Crippen LogP contribution in [0.25, 0.3) is 0 Å². The summed E-state index contributed by atoms with van der Waals surface area (Å²) in [6.07, 6.45) is 3.30. The largest absolute Gasteiger partial charge is 0.481 e. The highest BCUT2D eigenvalue weighted by molar-refractivity contribution is 7.17. The second kappa shape index (κ2) is 9.71. The number of nitrogens with two attached hydrogens (primary N) is 1. The highest BCUT2D eigenvalue weighted by Gasteiger charge is 2.30. The molecule has 0 radical (unpaired) electrons. The highest BCUT2D eigenvalue weighted by Crippen LogP contribution is 2.24. The SMILES string of the molecule is N=C1CC(N)N=C2C=CN(CNc3ccc(C(=O)N[C@@H](CCC(=O)O)C(=O)O)s3)CC12. The van der Waals surface area contributed by atoms with Gasteiger partial charge in [-0.25, -0.2) is 4.79 Å². The molecule has 7 N–H and O–H groups in total. The Hall–Kier alpha value is -3.25. The third kappa shape index (κ3) is 5.89. The number of aliphatic carboxylic acids is 2. The van der Waals surface area contributed by atoms with Crippen molar-refractivity contribution in [2.45, 2.75) is 31.5 Å². The number of hydrogen-bond acceptors (Lipinski definition) is 9. The second-order valence-electron chi connectivity index (χ2n) is 7.29. The number of carboxylic acid groups (broad SMARTS) is 2. The molecular weight excluding hydrogens is 424 g/mol. The molecule has 3 atom stereocenters. The number of allylic oxidation sites excluding steroid dienone is 1. The Kier molecular flexibility index (Phi) is 7.02. The van der Waals surface area contributed by atoms with Crippen LogP contribution in [0.5, 0.6) is 0 Å². The first-order chi connectivity index (χ1) is 14.7. The van der Waals surface area contributed by atoms with E-state index in [1.54, 1.807) is 12.1 Å². The number of hydrogen-bond donors (Lipinski definition) is 6. The summed E-state index contributed by atoms with van der Waals surface area (Å²) in [6.45, 7) is 1.06. The van der Waals surface area contributed by atoms with Crippen LogP contribution in [-0.2, 0) is 9.59 Å². The van der Waals surface area contributed by atoms with Crippen LogP contribution in [0.1, 0.15) is 28.9 Å².